The second-order valence-corrected chi connectivity index (χ2v) is 8.98. The monoisotopic (exact) mass is 422 g/mol. The summed E-state index contributed by atoms with van der Waals surface area (Å²) in [4.78, 5) is 26.2. The molecule has 1 aromatic carbocycles. The molecule has 0 spiro atoms. The number of aromatic nitrogens is 1. The first-order valence-corrected chi connectivity index (χ1v) is 10.5. The van der Waals surface area contributed by atoms with Crippen molar-refractivity contribution in [2.45, 2.75) is 30.2 Å². The molecule has 0 saturated carbocycles. The first-order valence-electron chi connectivity index (χ1n) is 9.65. The Morgan fingerprint density at radius 2 is 1.83 bits per heavy atom. The van der Waals surface area contributed by atoms with Gasteiger partial charge in [-0.3, -0.25) is 4.79 Å². The van der Waals surface area contributed by atoms with E-state index in [9.17, 15) is 24.9 Å². The van der Waals surface area contributed by atoms with Gasteiger partial charge in [-0.2, -0.15) is 0 Å². The van der Waals surface area contributed by atoms with E-state index in [4.69, 9.17) is 0 Å². The molecule has 0 radical (unpaired) electrons. The molecule has 2 aliphatic rings. The molecule has 0 aliphatic carbocycles. The van der Waals surface area contributed by atoms with Crippen LogP contribution >= 0.6 is 11.8 Å². The van der Waals surface area contributed by atoms with Crippen LogP contribution in [0.15, 0.2) is 22.0 Å². The van der Waals surface area contributed by atoms with Gasteiger partial charge in [0.15, 0.2) is 0 Å². The number of aromatic carboxylic acids is 1. The van der Waals surface area contributed by atoms with Crippen molar-refractivity contribution in [3.63, 3.8) is 0 Å². The normalized spacial score (nSPS) is 23.3. The van der Waals surface area contributed by atoms with Crippen molar-refractivity contribution in [1.29, 1.82) is 0 Å². The van der Waals surface area contributed by atoms with Crippen LogP contribution in [-0.4, -0.2) is 52.2 Å². The van der Waals surface area contributed by atoms with Gasteiger partial charge in [0.2, 0.25) is 5.43 Å². The molecule has 4 rings (SSSR count). The molecule has 3 unspecified atom stereocenters. The van der Waals surface area contributed by atoms with Crippen molar-refractivity contribution in [2.75, 3.05) is 31.2 Å². The highest BCUT2D eigenvalue weighted by molar-refractivity contribution is 8.00. The summed E-state index contributed by atoms with van der Waals surface area (Å²) in [5.41, 5.74) is -0.0783. The summed E-state index contributed by atoms with van der Waals surface area (Å²) in [5.74, 6) is -1.57. The molecule has 3 heterocycles. The SMILES string of the molecule is CC1Sc2c(C(=O)O)c(=O)c3cc(F)c(N4CC(CCO)C(CCO)C4)cc3n21. The fourth-order valence-corrected chi connectivity index (χ4v) is 5.74. The largest absolute Gasteiger partial charge is 0.477 e. The maximum absolute atomic E-state index is 15.0. The van der Waals surface area contributed by atoms with Crippen molar-refractivity contribution < 1.29 is 24.5 Å². The third-order valence-electron chi connectivity index (χ3n) is 6.01. The Morgan fingerprint density at radius 1 is 1.21 bits per heavy atom. The number of carboxylic acid groups (broad SMARTS) is 1. The van der Waals surface area contributed by atoms with Crippen LogP contribution < -0.4 is 10.3 Å². The Kier molecular flexibility index (Phi) is 5.30. The van der Waals surface area contributed by atoms with Crippen LogP contribution in [0.4, 0.5) is 10.1 Å². The lowest BCUT2D eigenvalue weighted by Gasteiger charge is -2.33. The number of thioether (sulfide) groups is 1. The minimum atomic E-state index is -1.30. The van der Waals surface area contributed by atoms with Gasteiger partial charge >= 0.3 is 5.97 Å². The van der Waals surface area contributed by atoms with Crippen LogP contribution in [0.1, 0.15) is 35.5 Å². The zero-order chi connectivity index (χ0) is 20.9. The molecule has 3 N–H and O–H groups in total. The minimum absolute atomic E-state index is 0.0379. The zero-order valence-corrected chi connectivity index (χ0v) is 16.8. The molecule has 2 aromatic rings. The number of pyridine rings is 1. The number of hydrogen-bond donors (Lipinski definition) is 3. The number of fused-ring (bicyclic) bond motifs is 3. The van der Waals surface area contributed by atoms with Gasteiger partial charge in [-0.25, -0.2) is 9.18 Å². The average Bonchev–Trinajstić information content (AvgIpc) is 3.04. The summed E-state index contributed by atoms with van der Waals surface area (Å²) in [6.07, 6.45) is 1.17. The highest BCUT2D eigenvalue weighted by Gasteiger charge is 2.36. The molecular formula is C20H23FN2O5S. The Labute approximate surface area is 170 Å². The second-order valence-electron chi connectivity index (χ2n) is 7.67. The molecule has 0 amide bonds. The quantitative estimate of drug-likeness (QED) is 0.656. The van der Waals surface area contributed by atoms with E-state index in [1.165, 1.54) is 11.8 Å². The Balaban J connectivity index is 1.82. The number of nitrogens with zero attached hydrogens (tertiary/aromatic N) is 2. The van der Waals surface area contributed by atoms with Gasteiger partial charge in [0, 0.05) is 31.7 Å². The number of hydrogen-bond acceptors (Lipinski definition) is 6. The molecule has 1 fully saturated rings. The van der Waals surface area contributed by atoms with Gasteiger partial charge in [-0.05, 0) is 43.7 Å². The molecule has 0 bridgehead atoms. The van der Waals surface area contributed by atoms with Crippen LogP contribution in [0.3, 0.4) is 0 Å². The van der Waals surface area contributed by atoms with Crippen LogP contribution in [0.25, 0.3) is 10.9 Å². The predicted octanol–water partition coefficient (Wildman–Crippen LogP) is 2.28. The van der Waals surface area contributed by atoms with Crippen molar-refractivity contribution >= 4 is 34.3 Å². The number of benzene rings is 1. The van der Waals surface area contributed by atoms with E-state index in [1.54, 1.807) is 10.6 Å². The molecule has 9 heteroatoms. The van der Waals surface area contributed by atoms with Gasteiger partial charge in [0.1, 0.15) is 11.4 Å². The maximum atomic E-state index is 15.0. The summed E-state index contributed by atoms with van der Waals surface area (Å²) in [6.45, 7) is 3.09. The lowest BCUT2D eigenvalue weighted by Crippen LogP contribution is -2.29. The van der Waals surface area contributed by atoms with Crippen molar-refractivity contribution in [1.82, 2.24) is 4.57 Å². The number of halogens is 1. The number of rotatable bonds is 6. The summed E-state index contributed by atoms with van der Waals surface area (Å²) in [5, 5.41) is 28.5. The number of anilines is 1. The Morgan fingerprint density at radius 3 is 2.34 bits per heavy atom. The molecule has 29 heavy (non-hydrogen) atoms. The summed E-state index contributed by atoms with van der Waals surface area (Å²) >= 11 is 1.31. The highest BCUT2D eigenvalue weighted by Crippen LogP contribution is 2.47. The van der Waals surface area contributed by atoms with Crippen molar-refractivity contribution in [3.8, 4) is 0 Å². The number of aliphatic hydroxyl groups is 2. The highest BCUT2D eigenvalue weighted by atomic mass is 32.2. The first-order chi connectivity index (χ1) is 13.9. The fraction of sp³-hybridized carbons (Fsp3) is 0.500. The average molecular weight is 422 g/mol. The molecule has 156 valence electrons. The molecule has 7 nitrogen and oxygen atoms in total. The summed E-state index contributed by atoms with van der Waals surface area (Å²) < 4.78 is 16.8. The van der Waals surface area contributed by atoms with E-state index in [0.29, 0.717) is 42.2 Å². The number of carboxylic acids is 1. The predicted molar refractivity (Wildman–Crippen MR) is 108 cm³/mol. The standard InChI is InChI=1S/C20H23FN2O5S/c1-10-23-15-7-16(22-8-11(2-4-24)12(9-22)3-5-25)14(21)6-13(15)18(26)17(20(27)28)19(23)29-10/h6-7,10-12,24-25H,2-5,8-9H2,1H3,(H,27,28). The van der Waals surface area contributed by atoms with Crippen molar-refractivity contribution in [2.24, 2.45) is 11.8 Å². The smallest absolute Gasteiger partial charge is 0.342 e. The van der Waals surface area contributed by atoms with E-state index in [2.05, 4.69) is 0 Å². The summed E-state index contributed by atoms with van der Waals surface area (Å²) in [7, 11) is 0. The lowest BCUT2D eigenvalue weighted by molar-refractivity contribution is 0.0689. The molecule has 1 aromatic heterocycles. The van der Waals surface area contributed by atoms with Gasteiger partial charge in [-0.15, -0.1) is 0 Å². The molecule has 1 saturated heterocycles. The fourth-order valence-electron chi connectivity index (χ4n) is 4.59. The van der Waals surface area contributed by atoms with E-state index in [0.717, 1.165) is 6.07 Å². The molecule has 3 atom stereocenters. The van der Waals surface area contributed by atoms with Gasteiger partial charge in [0.25, 0.3) is 0 Å². The molecular weight excluding hydrogens is 399 g/mol. The third-order valence-corrected chi connectivity index (χ3v) is 7.18. The van der Waals surface area contributed by atoms with Crippen LogP contribution in [-0.2, 0) is 0 Å². The lowest BCUT2D eigenvalue weighted by atomic mass is 9.91. The van der Waals surface area contributed by atoms with Crippen molar-refractivity contribution in [3.05, 3.63) is 33.7 Å². The van der Waals surface area contributed by atoms with Gasteiger partial charge in [-0.1, -0.05) is 11.8 Å². The topological polar surface area (TPSA) is 103 Å². The van der Waals surface area contributed by atoms with Crippen LogP contribution in [0.2, 0.25) is 0 Å². The van der Waals surface area contributed by atoms with Crippen LogP contribution in [0.5, 0.6) is 0 Å². The van der Waals surface area contributed by atoms with E-state index >= 15 is 4.39 Å². The third kappa shape index (κ3) is 3.21. The van der Waals surface area contributed by atoms with E-state index < -0.39 is 17.2 Å². The number of aliphatic hydroxyl groups excluding tert-OH is 2. The van der Waals surface area contributed by atoms with E-state index in [-0.39, 0.29) is 41.4 Å². The zero-order valence-electron chi connectivity index (χ0n) is 16.0. The summed E-state index contributed by atoms with van der Waals surface area (Å²) in [6, 6.07) is 2.78. The Bertz CT molecular complexity index is 1030. The Hall–Kier alpha value is -2.10. The maximum Gasteiger partial charge on any atom is 0.342 e. The number of carbonyl (C=O) groups is 1. The van der Waals surface area contributed by atoms with Crippen LogP contribution in [0, 0.1) is 17.7 Å². The van der Waals surface area contributed by atoms with Gasteiger partial charge < -0.3 is 24.8 Å². The van der Waals surface area contributed by atoms with E-state index in [1.807, 2.05) is 11.8 Å². The second kappa shape index (κ2) is 7.62. The minimum Gasteiger partial charge on any atom is -0.477 e. The van der Waals surface area contributed by atoms with Gasteiger partial charge in [0.05, 0.1) is 21.6 Å². The molecule has 2 aliphatic heterocycles. The first kappa shape index (κ1) is 20.2.